The van der Waals surface area contributed by atoms with Crippen LogP contribution in [0.4, 0.5) is 4.79 Å². The fourth-order valence-electron chi connectivity index (χ4n) is 3.07. The molecule has 1 heterocycles. The second-order valence-electron chi connectivity index (χ2n) is 6.44. The van der Waals surface area contributed by atoms with E-state index >= 15 is 0 Å². The molecule has 0 spiro atoms. The molecular weight excluding hydrogens is 306 g/mol. The first-order valence-corrected chi connectivity index (χ1v) is 8.55. The summed E-state index contributed by atoms with van der Waals surface area (Å²) < 4.78 is 0. The lowest BCUT2D eigenvalue weighted by Gasteiger charge is -2.21. The van der Waals surface area contributed by atoms with Gasteiger partial charge in [0.05, 0.1) is 6.04 Å². The number of hydrogen-bond acceptors (Lipinski definition) is 3. The van der Waals surface area contributed by atoms with Crippen LogP contribution in [0, 0.1) is 0 Å². The van der Waals surface area contributed by atoms with Gasteiger partial charge >= 0.3 is 6.03 Å². The summed E-state index contributed by atoms with van der Waals surface area (Å²) in [5, 5.41) is 2.96. The van der Waals surface area contributed by atoms with Gasteiger partial charge < -0.3 is 10.2 Å². The molecule has 6 heteroatoms. The summed E-state index contributed by atoms with van der Waals surface area (Å²) in [5.41, 5.74) is 1.03. The predicted octanol–water partition coefficient (Wildman–Crippen LogP) is 2.07. The Bertz CT molecular complexity index is 628. The molecule has 6 nitrogen and oxygen atoms in total. The van der Waals surface area contributed by atoms with Gasteiger partial charge in [-0.25, -0.2) is 4.79 Å². The summed E-state index contributed by atoms with van der Waals surface area (Å²) in [6.07, 6.45) is 3.64. The zero-order chi connectivity index (χ0) is 17.1. The Morgan fingerprint density at radius 2 is 1.96 bits per heavy atom. The Morgan fingerprint density at radius 1 is 1.25 bits per heavy atom. The first kappa shape index (κ1) is 16.5. The molecule has 4 amide bonds. The van der Waals surface area contributed by atoms with E-state index in [0.717, 1.165) is 36.1 Å². The van der Waals surface area contributed by atoms with Gasteiger partial charge in [0.15, 0.2) is 0 Å². The fourth-order valence-corrected chi connectivity index (χ4v) is 3.07. The average molecular weight is 329 g/mol. The monoisotopic (exact) mass is 329 g/mol. The summed E-state index contributed by atoms with van der Waals surface area (Å²) in [6, 6.07) is 9.51. The topological polar surface area (TPSA) is 69.7 Å². The van der Waals surface area contributed by atoms with E-state index in [1.54, 1.807) is 4.90 Å². The van der Waals surface area contributed by atoms with Crippen LogP contribution in [0.25, 0.3) is 0 Å². The largest absolute Gasteiger partial charge is 0.348 e. The SMILES string of the molecule is CCCC(NC(=O)CN1C(=O)CN(C2CC2)C1=O)c1ccccc1. The van der Waals surface area contributed by atoms with Crippen LogP contribution in [-0.4, -0.2) is 46.8 Å². The third-order valence-corrected chi connectivity index (χ3v) is 4.49. The maximum atomic E-state index is 12.4. The summed E-state index contributed by atoms with van der Waals surface area (Å²) >= 11 is 0. The maximum Gasteiger partial charge on any atom is 0.327 e. The van der Waals surface area contributed by atoms with Crippen molar-refractivity contribution >= 4 is 17.8 Å². The van der Waals surface area contributed by atoms with E-state index in [4.69, 9.17) is 0 Å². The van der Waals surface area contributed by atoms with Gasteiger partial charge in [-0.1, -0.05) is 43.7 Å². The summed E-state index contributed by atoms with van der Waals surface area (Å²) in [7, 11) is 0. The lowest BCUT2D eigenvalue weighted by molar-refractivity contribution is -0.131. The Hall–Kier alpha value is -2.37. The number of nitrogens with zero attached hydrogens (tertiary/aromatic N) is 2. The van der Waals surface area contributed by atoms with Crippen LogP contribution in [0.15, 0.2) is 30.3 Å². The standard InChI is InChI=1S/C18H23N3O3/c1-2-6-15(13-7-4-3-5-8-13)19-16(22)11-21-17(23)12-20(18(21)24)14-9-10-14/h3-5,7-8,14-15H,2,6,9-12H2,1H3,(H,19,22). The number of imide groups is 1. The van der Waals surface area contributed by atoms with Crippen LogP contribution in [0.3, 0.4) is 0 Å². The van der Waals surface area contributed by atoms with Crippen molar-refractivity contribution < 1.29 is 14.4 Å². The maximum absolute atomic E-state index is 12.4. The third-order valence-electron chi connectivity index (χ3n) is 4.49. The van der Waals surface area contributed by atoms with E-state index < -0.39 is 0 Å². The van der Waals surface area contributed by atoms with E-state index in [1.165, 1.54) is 0 Å². The first-order valence-electron chi connectivity index (χ1n) is 8.55. The number of hydrogen-bond donors (Lipinski definition) is 1. The Morgan fingerprint density at radius 3 is 2.58 bits per heavy atom. The normalized spacial score (nSPS) is 18.9. The molecule has 2 aliphatic rings. The second kappa shape index (κ2) is 7.03. The van der Waals surface area contributed by atoms with Gasteiger partial charge in [0.2, 0.25) is 5.91 Å². The highest BCUT2D eigenvalue weighted by Gasteiger charge is 2.44. The van der Waals surface area contributed by atoms with Crippen LogP contribution >= 0.6 is 0 Å². The van der Waals surface area contributed by atoms with E-state index in [0.29, 0.717) is 0 Å². The highest BCUT2D eigenvalue weighted by Crippen LogP contribution is 2.30. The Labute approximate surface area is 141 Å². The molecule has 3 rings (SSSR count). The van der Waals surface area contributed by atoms with Crippen molar-refractivity contribution in [1.29, 1.82) is 0 Å². The van der Waals surface area contributed by atoms with Gasteiger partial charge in [-0.2, -0.15) is 0 Å². The van der Waals surface area contributed by atoms with E-state index in [1.807, 2.05) is 30.3 Å². The van der Waals surface area contributed by atoms with Gasteiger partial charge in [0, 0.05) is 6.04 Å². The quantitative estimate of drug-likeness (QED) is 0.779. The summed E-state index contributed by atoms with van der Waals surface area (Å²) in [4.78, 5) is 39.3. The highest BCUT2D eigenvalue weighted by atomic mass is 16.2. The Kier molecular flexibility index (Phi) is 4.83. The lowest BCUT2D eigenvalue weighted by atomic mass is 10.0. The number of urea groups is 1. The minimum Gasteiger partial charge on any atom is -0.348 e. The van der Waals surface area contributed by atoms with E-state index in [9.17, 15) is 14.4 Å². The molecule has 1 aliphatic heterocycles. The summed E-state index contributed by atoms with van der Waals surface area (Å²) in [5.74, 6) is -0.578. The zero-order valence-corrected chi connectivity index (χ0v) is 13.9. The molecule has 1 aromatic rings. The average Bonchev–Trinajstić information content (AvgIpc) is 3.38. The molecule has 1 saturated carbocycles. The number of rotatable bonds is 7. The molecule has 0 aromatic heterocycles. The van der Waals surface area contributed by atoms with E-state index in [-0.39, 0.29) is 43.0 Å². The smallest absolute Gasteiger partial charge is 0.327 e. The predicted molar refractivity (Wildman–Crippen MR) is 89.1 cm³/mol. The number of amides is 4. The van der Waals surface area contributed by atoms with Crippen molar-refractivity contribution in [3.05, 3.63) is 35.9 Å². The van der Waals surface area contributed by atoms with Gasteiger partial charge in [-0.3, -0.25) is 14.5 Å². The van der Waals surface area contributed by atoms with Crippen molar-refractivity contribution in [2.24, 2.45) is 0 Å². The molecule has 1 N–H and O–H groups in total. The van der Waals surface area contributed by atoms with Gasteiger partial charge in [0.25, 0.3) is 5.91 Å². The minimum atomic E-state index is -0.329. The van der Waals surface area contributed by atoms with Crippen molar-refractivity contribution in [3.63, 3.8) is 0 Å². The molecule has 1 unspecified atom stereocenters. The van der Waals surface area contributed by atoms with Gasteiger partial charge in [-0.05, 0) is 24.8 Å². The number of carbonyl (C=O) groups excluding carboxylic acids is 3. The van der Waals surface area contributed by atoms with Gasteiger partial charge in [-0.15, -0.1) is 0 Å². The van der Waals surface area contributed by atoms with E-state index in [2.05, 4.69) is 12.2 Å². The molecule has 1 saturated heterocycles. The van der Waals surface area contributed by atoms with Crippen LogP contribution in [0.5, 0.6) is 0 Å². The van der Waals surface area contributed by atoms with Gasteiger partial charge in [0.1, 0.15) is 13.1 Å². The van der Waals surface area contributed by atoms with Crippen molar-refractivity contribution in [2.75, 3.05) is 13.1 Å². The molecule has 24 heavy (non-hydrogen) atoms. The lowest BCUT2D eigenvalue weighted by Crippen LogP contribution is -2.42. The second-order valence-corrected chi connectivity index (χ2v) is 6.44. The van der Waals surface area contributed by atoms with Crippen molar-refractivity contribution in [3.8, 4) is 0 Å². The Balaban J connectivity index is 1.61. The van der Waals surface area contributed by atoms with Crippen LogP contribution in [0.1, 0.15) is 44.2 Å². The number of nitrogens with one attached hydrogen (secondary N) is 1. The number of carbonyl (C=O) groups is 3. The van der Waals surface area contributed by atoms with Crippen molar-refractivity contribution in [2.45, 2.75) is 44.7 Å². The van der Waals surface area contributed by atoms with Crippen molar-refractivity contribution in [1.82, 2.24) is 15.1 Å². The minimum absolute atomic E-state index is 0.101. The zero-order valence-electron chi connectivity index (χ0n) is 13.9. The molecular formula is C18H23N3O3. The molecule has 1 aromatic carbocycles. The fraction of sp³-hybridized carbons (Fsp3) is 0.500. The van der Waals surface area contributed by atoms with Crippen LogP contribution in [0.2, 0.25) is 0 Å². The summed E-state index contributed by atoms with van der Waals surface area (Å²) in [6.45, 7) is 1.96. The molecule has 2 fully saturated rings. The molecule has 0 bridgehead atoms. The van der Waals surface area contributed by atoms with Crippen LogP contribution < -0.4 is 5.32 Å². The molecule has 1 aliphatic carbocycles. The highest BCUT2D eigenvalue weighted by molar-refractivity contribution is 6.04. The molecule has 128 valence electrons. The first-order chi connectivity index (χ1) is 11.6. The molecule has 1 atom stereocenters. The molecule has 0 radical (unpaired) electrons. The number of benzene rings is 1. The third kappa shape index (κ3) is 3.58. The van der Waals surface area contributed by atoms with Crippen LogP contribution in [-0.2, 0) is 9.59 Å².